The Hall–Kier alpha value is -1.74. The van der Waals surface area contributed by atoms with Gasteiger partial charge in [0.1, 0.15) is 0 Å². The maximum Gasteiger partial charge on any atom is 0.0659 e. The Morgan fingerprint density at radius 3 is 1.88 bits per heavy atom. The van der Waals surface area contributed by atoms with Crippen LogP contribution in [0.5, 0.6) is 0 Å². The van der Waals surface area contributed by atoms with Gasteiger partial charge in [0.15, 0.2) is 0 Å². The predicted octanol–water partition coefficient (Wildman–Crippen LogP) is 7.08. The van der Waals surface area contributed by atoms with Gasteiger partial charge in [-0.05, 0) is 51.0 Å². The number of nitrogens with one attached hydrogen (secondary N) is 1. The molecule has 2 aromatic rings. The number of hydrogen-bond acceptors (Lipinski definition) is 3. The molecule has 0 aliphatic carbocycles. The van der Waals surface area contributed by atoms with Crippen molar-refractivity contribution in [3.8, 4) is 0 Å². The lowest BCUT2D eigenvalue weighted by atomic mass is 10.00. The van der Waals surface area contributed by atoms with Crippen molar-refractivity contribution < 1.29 is 0 Å². The summed E-state index contributed by atoms with van der Waals surface area (Å²) >= 11 is 1.53. The molecule has 138 valence electrons. The van der Waals surface area contributed by atoms with Crippen molar-refractivity contribution in [3.05, 3.63) is 64.7 Å². The summed E-state index contributed by atoms with van der Waals surface area (Å²) in [5, 5.41) is 4.46. The van der Waals surface area contributed by atoms with Gasteiger partial charge in [0.2, 0.25) is 0 Å². The molecule has 0 fully saturated rings. The van der Waals surface area contributed by atoms with Crippen molar-refractivity contribution in [2.75, 3.05) is 0 Å². The second kappa shape index (κ2) is 13.5. The molecular formula is C22H34N2S. The molecule has 2 rings (SSSR count). The Morgan fingerprint density at radius 2 is 1.40 bits per heavy atom. The molecule has 0 saturated carbocycles. The van der Waals surface area contributed by atoms with E-state index in [4.69, 9.17) is 0 Å². The highest BCUT2D eigenvalue weighted by atomic mass is 32.2. The van der Waals surface area contributed by atoms with Gasteiger partial charge in [-0.2, -0.15) is 5.10 Å². The molecule has 0 unspecified atom stereocenters. The molecule has 0 bridgehead atoms. The molecular weight excluding hydrogens is 324 g/mol. The minimum Gasteiger partial charge on any atom is -0.247 e. The van der Waals surface area contributed by atoms with Crippen LogP contribution in [0.1, 0.15) is 63.3 Å². The second-order valence-corrected chi connectivity index (χ2v) is 6.54. The van der Waals surface area contributed by atoms with Crippen LogP contribution in [0.3, 0.4) is 0 Å². The van der Waals surface area contributed by atoms with Crippen LogP contribution in [0, 0.1) is 20.8 Å². The number of nitrogens with zero attached hydrogens (tertiary/aromatic N) is 1. The van der Waals surface area contributed by atoms with Crippen LogP contribution in [-0.2, 0) is 0 Å². The largest absolute Gasteiger partial charge is 0.247 e. The van der Waals surface area contributed by atoms with Gasteiger partial charge in [-0.15, -0.1) is 0 Å². The quantitative estimate of drug-likeness (QED) is 0.359. The first-order chi connectivity index (χ1) is 12.0. The lowest BCUT2D eigenvalue weighted by molar-refractivity contribution is 1.09. The molecule has 1 N–H and O–H groups in total. The zero-order valence-electron chi connectivity index (χ0n) is 17.1. The predicted molar refractivity (Wildman–Crippen MR) is 116 cm³/mol. The number of benzene rings is 2. The van der Waals surface area contributed by atoms with Crippen LogP contribution in [0.25, 0.3) is 0 Å². The van der Waals surface area contributed by atoms with E-state index in [1.54, 1.807) is 0 Å². The third-order valence-corrected chi connectivity index (χ3v) is 3.93. The smallest absolute Gasteiger partial charge is 0.0659 e. The maximum atomic E-state index is 4.46. The molecule has 3 heteroatoms. The van der Waals surface area contributed by atoms with E-state index in [1.807, 2.05) is 20.8 Å². The Balaban J connectivity index is 0.00000104. The first-order valence-corrected chi connectivity index (χ1v) is 9.90. The molecule has 0 heterocycles. The summed E-state index contributed by atoms with van der Waals surface area (Å²) in [5.41, 5.74) is 6.02. The molecule has 0 radical (unpaired) electrons. The summed E-state index contributed by atoms with van der Waals surface area (Å²) in [4.78, 5) is 4.24. The van der Waals surface area contributed by atoms with E-state index in [0.717, 1.165) is 10.6 Å². The first kappa shape index (κ1) is 23.3. The van der Waals surface area contributed by atoms with Gasteiger partial charge in [-0.25, -0.2) is 4.83 Å². The van der Waals surface area contributed by atoms with Crippen molar-refractivity contribution in [2.45, 2.75) is 66.7 Å². The maximum absolute atomic E-state index is 4.46. The minimum absolute atomic E-state index is 1.01. The minimum atomic E-state index is 1.01. The summed E-state index contributed by atoms with van der Waals surface area (Å²) in [7, 11) is 0. The van der Waals surface area contributed by atoms with Crippen LogP contribution >= 0.6 is 11.9 Å². The van der Waals surface area contributed by atoms with E-state index in [2.05, 4.69) is 87.0 Å². The topological polar surface area (TPSA) is 24.4 Å². The van der Waals surface area contributed by atoms with Gasteiger partial charge in [0.25, 0.3) is 0 Å². The third-order valence-electron chi connectivity index (χ3n) is 3.24. The summed E-state index contributed by atoms with van der Waals surface area (Å²) < 4.78 is 0. The number of hydrogen-bond donors (Lipinski definition) is 1. The Labute approximate surface area is 159 Å². The van der Waals surface area contributed by atoms with E-state index in [-0.39, 0.29) is 0 Å². The van der Waals surface area contributed by atoms with Crippen molar-refractivity contribution >= 4 is 17.7 Å². The van der Waals surface area contributed by atoms with Crippen molar-refractivity contribution in [3.63, 3.8) is 0 Å². The zero-order valence-corrected chi connectivity index (χ0v) is 17.9. The average molecular weight is 359 g/mol. The highest BCUT2D eigenvalue weighted by Crippen LogP contribution is 2.17. The number of rotatable bonds is 4. The highest BCUT2D eigenvalue weighted by molar-refractivity contribution is 7.97. The molecule has 0 aromatic heterocycles. The van der Waals surface area contributed by atoms with E-state index in [1.165, 1.54) is 40.6 Å². The molecule has 0 saturated heterocycles. The van der Waals surface area contributed by atoms with Gasteiger partial charge in [0.05, 0.1) is 5.71 Å². The van der Waals surface area contributed by atoms with Crippen molar-refractivity contribution in [1.29, 1.82) is 0 Å². The lowest BCUT2D eigenvalue weighted by Gasteiger charge is -2.09. The Bertz CT molecular complexity index is 611. The lowest BCUT2D eigenvalue weighted by Crippen LogP contribution is -2.05. The summed E-state index contributed by atoms with van der Waals surface area (Å²) in [6, 6.07) is 14.7. The summed E-state index contributed by atoms with van der Waals surface area (Å²) in [6.07, 6.45) is 1.25. The standard InChI is InChI=1S/C17H20N2S.C3H8.C2H6/c1-12-8-10-16(11-9-12)20-19-18-15(4)17-13(2)6-5-7-14(17)3;1-3-2;1-2/h5-11,19H,1-4H3;3H2,1-2H3;1-2H3/b18-15-;;. The fourth-order valence-corrected chi connectivity index (χ4v) is 2.75. The van der Waals surface area contributed by atoms with Gasteiger partial charge >= 0.3 is 0 Å². The van der Waals surface area contributed by atoms with Crippen LogP contribution in [0.2, 0.25) is 0 Å². The average Bonchev–Trinajstić information content (AvgIpc) is 2.59. The monoisotopic (exact) mass is 358 g/mol. The van der Waals surface area contributed by atoms with Crippen molar-refractivity contribution in [1.82, 2.24) is 4.83 Å². The summed E-state index contributed by atoms with van der Waals surface area (Å²) in [5.74, 6) is 0. The Morgan fingerprint density at radius 1 is 0.920 bits per heavy atom. The van der Waals surface area contributed by atoms with E-state index < -0.39 is 0 Å². The van der Waals surface area contributed by atoms with Gasteiger partial charge < -0.3 is 0 Å². The van der Waals surface area contributed by atoms with Crippen LogP contribution in [0.15, 0.2) is 52.5 Å². The first-order valence-electron chi connectivity index (χ1n) is 9.09. The Kier molecular flexibility index (Phi) is 12.6. The number of hydrazone groups is 1. The normalized spacial score (nSPS) is 10.2. The molecule has 0 amide bonds. The molecule has 0 aliphatic rings. The van der Waals surface area contributed by atoms with Crippen LogP contribution < -0.4 is 4.83 Å². The van der Waals surface area contributed by atoms with E-state index in [0.29, 0.717) is 0 Å². The second-order valence-electron chi connectivity index (χ2n) is 5.68. The molecule has 0 aliphatic heterocycles. The SMILES string of the molecule is C/C(=N/NSc1ccc(C)cc1)c1c(C)cccc1C.CC.CCC. The summed E-state index contributed by atoms with van der Waals surface area (Å²) in [6.45, 7) is 16.6. The van der Waals surface area contributed by atoms with Crippen molar-refractivity contribution in [2.24, 2.45) is 5.10 Å². The van der Waals surface area contributed by atoms with E-state index in [9.17, 15) is 0 Å². The molecule has 2 aromatic carbocycles. The molecule has 0 atom stereocenters. The third kappa shape index (κ3) is 8.78. The molecule has 2 nitrogen and oxygen atoms in total. The van der Waals surface area contributed by atoms with E-state index >= 15 is 0 Å². The van der Waals surface area contributed by atoms with Gasteiger partial charge in [-0.1, -0.05) is 70.0 Å². The number of aryl methyl sites for hydroxylation is 3. The molecule has 0 spiro atoms. The van der Waals surface area contributed by atoms with Crippen LogP contribution in [0.4, 0.5) is 0 Å². The molecule has 25 heavy (non-hydrogen) atoms. The zero-order chi connectivity index (χ0) is 19.2. The van der Waals surface area contributed by atoms with Crippen LogP contribution in [-0.4, -0.2) is 5.71 Å². The van der Waals surface area contributed by atoms with Gasteiger partial charge in [0, 0.05) is 22.4 Å². The van der Waals surface area contributed by atoms with Gasteiger partial charge in [-0.3, -0.25) is 0 Å². The fraction of sp³-hybridized carbons (Fsp3) is 0.409. The highest BCUT2D eigenvalue weighted by Gasteiger charge is 2.05. The fourth-order valence-electron chi connectivity index (χ4n) is 2.19.